The Hall–Kier alpha value is -0.610. The molecule has 4 unspecified atom stereocenters. The number of aromatic nitrogens is 2. The number of nitrogens with zero attached hydrogens (tertiary/aromatic N) is 2. The van der Waals surface area contributed by atoms with Crippen LogP contribution in [0.1, 0.15) is 38.1 Å². The summed E-state index contributed by atoms with van der Waals surface area (Å²) in [7, 11) is 2.07. The van der Waals surface area contributed by atoms with Crippen LogP contribution in [-0.4, -0.2) is 28.3 Å². The second kappa shape index (κ2) is 6.23. The lowest BCUT2D eigenvalue weighted by molar-refractivity contribution is 0.256. The average Bonchev–Trinajstić information content (AvgIpc) is 2.31. The minimum atomic E-state index is 0.563. The molecule has 1 N–H and O–H groups in total. The van der Waals surface area contributed by atoms with Crippen molar-refractivity contribution >= 4 is 11.8 Å². The van der Waals surface area contributed by atoms with Gasteiger partial charge in [0.05, 0.1) is 0 Å². The fourth-order valence-corrected chi connectivity index (χ4v) is 4.57. The van der Waals surface area contributed by atoms with Gasteiger partial charge < -0.3 is 5.32 Å². The molecule has 4 atom stereocenters. The molecule has 1 aromatic heterocycles. The van der Waals surface area contributed by atoms with Crippen molar-refractivity contribution < 1.29 is 0 Å². The number of hydrogen-bond acceptors (Lipinski definition) is 4. The molecular weight excluding hydrogens is 254 g/mol. The lowest BCUT2D eigenvalue weighted by Crippen LogP contribution is -2.44. The highest BCUT2D eigenvalue weighted by molar-refractivity contribution is 7.99. The number of thioether (sulfide) groups is 1. The molecule has 3 nitrogen and oxygen atoms in total. The Kier molecular flexibility index (Phi) is 4.85. The van der Waals surface area contributed by atoms with Crippen LogP contribution in [0, 0.1) is 25.7 Å². The van der Waals surface area contributed by atoms with Crippen molar-refractivity contribution in [2.45, 2.75) is 57.0 Å². The average molecular weight is 279 g/mol. The standard InChI is InChI=1S/C15H25N3S/c1-9-6-10(2)14(13(7-9)16-5)19-15-17-11(3)8-12(4)18-15/h8-10,13-14,16H,6-7H2,1-5H3. The summed E-state index contributed by atoms with van der Waals surface area (Å²) in [6.45, 7) is 8.80. The van der Waals surface area contributed by atoms with Gasteiger partial charge in [-0.15, -0.1) is 0 Å². The molecule has 1 aliphatic carbocycles. The van der Waals surface area contributed by atoms with Crippen molar-refractivity contribution in [2.24, 2.45) is 11.8 Å². The van der Waals surface area contributed by atoms with Crippen LogP contribution in [-0.2, 0) is 0 Å². The SMILES string of the molecule is CNC1CC(C)CC(C)C1Sc1nc(C)cc(C)n1. The molecule has 0 saturated heterocycles. The van der Waals surface area contributed by atoms with Crippen molar-refractivity contribution in [1.82, 2.24) is 15.3 Å². The molecule has 1 fully saturated rings. The molecule has 1 aliphatic rings. The minimum Gasteiger partial charge on any atom is -0.316 e. The third kappa shape index (κ3) is 3.69. The summed E-state index contributed by atoms with van der Waals surface area (Å²) < 4.78 is 0. The molecule has 4 heteroatoms. The predicted octanol–water partition coefficient (Wildman–Crippen LogP) is 3.21. The molecule has 0 amide bonds. The molecule has 0 spiro atoms. The fraction of sp³-hybridized carbons (Fsp3) is 0.733. The third-order valence-corrected chi connectivity index (χ3v) is 5.42. The van der Waals surface area contributed by atoms with E-state index in [1.54, 1.807) is 0 Å². The molecular formula is C15H25N3S. The van der Waals surface area contributed by atoms with Gasteiger partial charge >= 0.3 is 0 Å². The maximum atomic E-state index is 4.57. The van der Waals surface area contributed by atoms with E-state index < -0.39 is 0 Å². The molecule has 1 aromatic rings. The van der Waals surface area contributed by atoms with Crippen LogP contribution in [0.25, 0.3) is 0 Å². The van der Waals surface area contributed by atoms with E-state index in [0.717, 1.165) is 22.5 Å². The summed E-state index contributed by atoms with van der Waals surface area (Å²) in [5, 5.41) is 4.99. The Morgan fingerprint density at radius 2 is 1.79 bits per heavy atom. The van der Waals surface area contributed by atoms with E-state index in [1.807, 2.05) is 31.7 Å². The van der Waals surface area contributed by atoms with Gasteiger partial charge in [-0.1, -0.05) is 25.6 Å². The van der Waals surface area contributed by atoms with E-state index in [4.69, 9.17) is 0 Å². The normalized spacial score (nSPS) is 31.4. The van der Waals surface area contributed by atoms with Crippen LogP contribution in [0.3, 0.4) is 0 Å². The first-order chi connectivity index (χ1) is 8.99. The number of nitrogens with one attached hydrogen (secondary N) is 1. The number of rotatable bonds is 3. The van der Waals surface area contributed by atoms with Crippen molar-refractivity contribution in [2.75, 3.05) is 7.05 Å². The molecule has 19 heavy (non-hydrogen) atoms. The Morgan fingerprint density at radius 3 is 2.37 bits per heavy atom. The van der Waals surface area contributed by atoms with Gasteiger partial charge in [-0.2, -0.15) is 0 Å². The van der Waals surface area contributed by atoms with E-state index in [-0.39, 0.29) is 0 Å². The fourth-order valence-electron chi connectivity index (χ4n) is 3.18. The molecule has 0 bridgehead atoms. The van der Waals surface area contributed by atoms with Crippen LogP contribution in [0.4, 0.5) is 0 Å². The zero-order valence-corrected chi connectivity index (χ0v) is 13.4. The summed E-state index contributed by atoms with van der Waals surface area (Å²) in [6, 6.07) is 2.60. The maximum Gasteiger partial charge on any atom is 0.188 e. The lowest BCUT2D eigenvalue weighted by Gasteiger charge is -2.38. The Labute approximate surface area is 121 Å². The first kappa shape index (κ1) is 14.8. The van der Waals surface area contributed by atoms with Crippen LogP contribution in [0.5, 0.6) is 0 Å². The van der Waals surface area contributed by atoms with E-state index >= 15 is 0 Å². The first-order valence-electron chi connectivity index (χ1n) is 7.15. The zero-order chi connectivity index (χ0) is 14.0. The molecule has 2 rings (SSSR count). The zero-order valence-electron chi connectivity index (χ0n) is 12.6. The van der Waals surface area contributed by atoms with E-state index in [1.165, 1.54) is 12.8 Å². The monoisotopic (exact) mass is 279 g/mol. The van der Waals surface area contributed by atoms with Gasteiger partial charge in [0, 0.05) is 22.7 Å². The Bertz CT molecular complexity index is 415. The summed E-state index contributed by atoms with van der Waals surface area (Å²) in [6.07, 6.45) is 2.56. The largest absolute Gasteiger partial charge is 0.316 e. The van der Waals surface area contributed by atoms with Crippen LogP contribution in [0.15, 0.2) is 11.2 Å². The summed E-state index contributed by atoms with van der Waals surface area (Å²) in [4.78, 5) is 9.15. The van der Waals surface area contributed by atoms with Gasteiger partial charge in [0.1, 0.15) is 0 Å². The van der Waals surface area contributed by atoms with Gasteiger partial charge in [-0.3, -0.25) is 0 Å². The predicted molar refractivity (Wildman–Crippen MR) is 81.6 cm³/mol. The highest BCUT2D eigenvalue weighted by Crippen LogP contribution is 2.38. The quantitative estimate of drug-likeness (QED) is 0.862. The van der Waals surface area contributed by atoms with E-state index in [9.17, 15) is 0 Å². The smallest absolute Gasteiger partial charge is 0.188 e. The van der Waals surface area contributed by atoms with Gasteiger partial charge in [0.15, 0.2) is 5.16 Å². The van der Waals surface area contributed by atoms with Crippen molar-refractivity contribution in [3.05, 3.63) is 17.5 Å². The van der Waals surface area contributed by atoms with Crippen LogP contribution in [0.2, 0.25) is 0 Å². The van der Waals surface area contributed by atoms with E-state index in [2.05, 4.69) is 36.2 Å². The summed E-state index contributed by atoms with van der Waals surface area (Å²) >= 11 is 1.85. The Morgan fingerprint density at radius 1 is 1.16 bits per heavy atom. The van der Waals surface area contributed by atoms with Gasteiger partial charge in [-0.25, -0.2) is 9.97 Å². The topological polar surface area (TPSA) is 37.8 Å². The van der Waals surface area contributed by atoms with Crippen LogP contribution >= 0.6 is 11.8 Å². The highest BCUT2D eigenvalue weighted by atomic mass is 32.2. The second-order valence-electron chi connectivity index (χ2n) is 5.96. The maximum absolute atomic E-state index is 4.57. The molecule has 0 aromatic carbocycles. The highest BCUT2D eigenvalue weighted by Gasteiger charge is 2.34. The lowest BCUT2D eigenvalue weighted by atomic mass is 9.80. The first-order valence-corrected chi connectivity index (χ1v) is 8.03. The second-order valence-corrected chi connectivity index (χ2v) is 7.11. The molecule has 0 radical (unpaired) electrons. The molecule has 0 aliphatic heterocycles. The third-order valence-electron chi connectivity index (χ3n) is 3.96. The Balaban J connectivity index is 2.15. The number of aryl methyl sites for hydroxylation is 2. The molecule has 1 saturated carbocycles. The number of hydrogen-bond donors (Lipinski definition) is 1. The molecule has 106 valence electrons. The van der Waals surface area contributed by atoms with Gasteiger partial charge in [-0.05, 0) is 51.6 Å². The summed E-state index contributed by atoms with van der Waals surface area (Å²) in [5.74, 6) is 1.51. The minimum absolute atomic E-state index is 0.563. The van der Waals surface area contributed by atoms with Crippen molar-refractivity contribution in [1.29, 1.82) is 0 Å². The van der Waals surface area contributed by atoms with Gasteiger partial charge in [0.2, 0.25) is 0 Å². The van der Waals surface area contributed by atoms with Crippen molar-refractivity contribution in [3.8, 4) is 0 Å². The molecule has 1 heterocycles. The van der Waals surface area contributed by atoms with Crippen molar-refractivity contribution in [3.63, 3.8) is 0 Å². The van der Waals surface area contributed by atoms with Gasteiger partial charge in [0.25, 0.3) is 0 Å². The van der Waals surface area contributed by atoms with Crippen LogP contribution < -0.4 is 5.32 Å². The summed E-state index contributed by atoms with van der Waals surface area (Å²) in [5.41, 5.74) is 2.13. The van der Waals surface area contributed by atoms with E-state index in [0.29, 0.717) is 17.2 Å².